The van der Waals surface area contributed by atoms with Crippen LogP contribution in [0.1, 0.15) is 46.4 Å². The minimum absolute atomic E-state index is 0.0196. The Morgan fingerprint density at radius 3 is 1.70 bits per heavy atom. The maximum absolute atomic E-state index is 13.4. The summed E-state index contributed by atoms with van der Waals surface area (Å²) >= 11 is 0. The van der Waals surface area contributed by atoms with Crippen molar-refractivity contribution in [2.45, 2.75) is 43.9 Å². The van der Waals surface area contributed by atoms with Crippen molar-refractivity contribution in [3.8, 4) is 23.0 Å². The number of ether oxygens (including phenoxy) is 6. The number of rotatable bonds is 14. The van der Waals surface area contributed by atoms with Gasteiger partial charge in [-0.05, 0) is 12.8 Å². The first kappa shape index (κ1) is 37.1. The summed E-state index contributed by atoms with van der Waals surface area (Å²) in [4.78, 5) is 75.7. The Bertz CT molecular complexity index is 1660. The minimum atomic E-state index is -1.13. The number of hydrogen-bond donors (Lipinski definition) is 1. The fraction of sp³-hybridized carbons (Fsp3) is 0.484. The number of benzene rings is 2. The largest absolute Gasteiger partial charge is 0.493 e. The summed E-state index contributed by atoms with van der Waals surface area (Å²) in [5.74, 6) is -3.16. The molecule has 2 saturated heterocycles. The number of nitro groups is 2. The van der Waals surface area contributed by atoms with E-state index in [1.807, 2.05) is 0 Å². The lowest BCUT2D eigenvalue weighted by molar-refractivity contribution is -0.385. The molecule has 0 bridgehead atoms. The molecule has 2 heterocycles. The first-order valence-electron chi connectivity index (χ1n) is 15.3. The number of nitro benzene ring substituents is 2. The molecular weight excluding hydrogens is 668 g/mol. The Hall–Kier alpha value is -5.72. The van der Waals surface area contributed by atoms with Crippen molar-refractivity contribution in [2.24, 2.45) is 0 Å². The highest BCUT2D eigenvalue weighted by atomic mass is 16.6. The topological polar surface area (TPSA) is 237 Å². The van der Waals surface area contributed by atoms with Gasteiger partial charge in [0.2, 0.25) is 0 Å². The van der Waals surface area contributed by atoms with Crippen molar-refractivity contribution >= 4 is 35.1 Å². The predicted octanol–water partition coefficient (Wildman–Crippen LogP) is 1.89. The second-order valence-electron chi connectivity index (χ2n) is 11.2. The summed E-state index contributed by atoms with van der Waals surface area (Å²) in [6.07, 6.45) is -0.103. The van der Waals surface area contributed by atoms with Gasteiger partial charge >= 0.3 is 11.9 Å². The fourth-order valence-electron chi connectivity index (χ4n) is 5.81. The van der Waals surface area contributed by atoms with E-state index >= 15 is 0 Å². The van der Waals surface area contributed by atoms with Crippen molar-refractivity contribution in [1.82, 2.24) is 9.80 Å². The van der Waals surface area contributed by atoms with Crippen LogP contribution < -0.4 is 18.9 Å². The lowest BCUT2D eigenvalue weighted by Crippen LogP contribution is -2.41. The highest BCUT2D eigenvalue weighted by Gasteiger charge is 2.42. The molecule has 50 heavy (non-hydrogen) atoms. The number of carbonyl (C=O) groups is 4. The summed E-state index contributed by atoms with van der Waals surface area (Å²) < 4.78 is 31.5. The van der Waals surface area contributed by atoms with E-state index in [2.05, 4.69) is 0 Å². The zero-order chi connectivity index (χ0) is 36.7. The van der Waals surface area contributed by atoms with Gasteiger partial charge in [-0.25, -0.2) is 9.59 Å². The van der Waals surface area contributed by atoms with Crippen molar-refractivity contribution < 1.29 is 62.6 Å². The van der Waals surface area contributed by atoms with E-state index in [1.165, 1.54) is 32.3 Å². The first-order valence-corrected chi connectivity index (χ1v) is 15.3. The Labute approximate surface area is 284 Å². The van der Waals surface area contributed by atoms with Crippen LogP contribution in [-0.2, 0) is 19.1 Å². The number of nitrogens with zero attached hydrogens (tertiary/aromatic N) is 4. The number of aliphatic hydroxyl groups excluding tert-OH is 1. The van der Waals surface area contributed by atoms with Crippen LogP contribution in [-0.4, -0.2) is 121 Å². The van der Waals surface area contributed by atoms with Crippen LogP contribution in [0.4, 0.5) is 11.4 Å². The van der Waals surface area contributed by atoms with Crippen LogP contribution in [0.25, 0.3) is 0 Å². The maximum Gasteiger partial charge on any atom is 0.328 e. The SMILES string of the molecule is COC(=O)C1CCCN1C(=O)c1cc(OC)c(OCCCOc2cc([N+](=O)[O-])c(C(=O)N3CC(O)C[C@H]3C(=O)OC)cc2OC)cc1[N+](=O)[O-]. The van der Waals surface area contributed by atoms with Crippen LogP contribution >= 0.6 is 0 Å². The lowest BCUT2D eigenvalue weighted by atomic mass is 10.1. The summed E-state index contributed by atoms with van der Waals surface area (Å²) in [6, 6.07) is 2.31. The summed E-state index contributed by atoms with van der Waals surface area (Å²) in [7, 11) is 4.86. The zero-order valence-corrected chi connectivity index (χ0v) is 27.6. The minimum Gasteiger partial charge on any atom is -0.493 e. The van der Waals surface area contributed by atoms with E-state index < -0.39 is 68.7 Å². The van der Waals surface area contributed by atoms with Crippen LogP contribution in [0.3, 0.4) is 0 Å². The molecule has 2 amide bonds. The number of amides is 2. The van der Waals surface area contributed by atoms with E-state index in [4.69, 9.17) is 28.4 Å². The second kappa shape index (κ2) is 16.1. The smallest absolute Gasteiger partial charge is 0.328 e. The Kier molecular flexibility index (Phi) is 12.0. The van der Waals surface area contributed by atoms with Crippen LogP contribution in [0, 0.1) is 20.2 Å². The van der Waals surface area contributed by atoms with E-state index in [1.54, 1.807) is 0 Å². The second-order valence-corrected chi connectivity index (χ2v) is 11.2. The van der Waals surface area contributed by atoms with Crippen molar-refractivity contribution in [1.29, 1.82) is 0 Å². The molecule has 3 atom stereocenters. The van der Waals surface area contributed by atoms with Gasteiger partial charge in [0, 0.05) is 38.1 Å². The van der Waals surface area contributed by atoms with Gasteiger partial charge in [0.25, 0.3) is 23.2 Å². The molecule has 2 aliphatic rings. The Morgan fingerprint density at radius 1 is 0.760 bits per heavy atom. The van der Waals surface area contributed by atoms with Gasteiger partial charge in [-0.1, -0.05) is 0 Å². The van der Waals surface area contributed by atoms with Gasteiger partial charge < -0.3 is 43.3 Å². The molecule has 19 nitrogen and oxygen atoms in total. The van der Waals surface area contributed by atoms with Gasteiger partial charge in [0.15, 0.2) is 23.0 Å². The molecule has 270 valence electrons. The average molecular weight is 705 g/mol. The molecule has 0 radical (unpaired) electrons. The quantitative estimate of drug-likeness (QED) is 0.128. The number of aliphatic hydroxyl groups is 1. The normalized spacial score (nSPS) is 18.3. The first-order chi connectivity index (χ1) is 23.9. The molecule has 2 unspecified atom stereocenters. The molecule has 1 N–H and O–H groups in total. The molecular formula is C31H36N4O15. The molecule has 2 aliphatic heterocycles. The highest BCUT2D eigenvalue weighted by Crippen LogP contribution is 2.38. The Morgan fingerprint density at radius 2 is 1.24 bits per heavy atom. The number of carbonyl (C=O) groups excluding carboxylic acids is 4. The fourth-order valence-corrected chi connectivity index (χ4v) is 5.81. The Balaban J connectivity index is 1.47. The molecule has 4 rings (SSSR count). The van der Waals surface area contributed by atoms with Crippen LogP contribution in [0.15, 0.2) is 24.3 Å². The molecule has 2 fully saturated rings. The molecule has 2 aromatic carbocycles. The van der Waals surface area contributed by atoms with E-state index in [9.17, 15) is 44.5 Å². The monoisotopic (exact) mass is 704 g/mol. The van der Waals surface area contributed by atoms with Gasteiger partial charge in [0.1, 0.15) is 23.2 Å². The van der Waals surface area contributed by atoms with E-state index in [0.29, 0.717) is 12.8 Å². The number of likely N-dealkylation sites (tertiary alicyclic amines) is 2. The number of hydrogen-bond acceptors (Lipinski definition) is 15. The highest BCUT2D eigenvalue weighted by molar-refractivity contribution is 6.02. The van der Waals surface area contributed by atoms with Crippen molar-refractivity contribution in [2.75, 3.05) is 54.7 Å². The number of β-amino-alcohol motifs (C(OH)–C–C–N with tert-alkyl or cyclic N) is 1. The van der Waals surface area contributed by atoms with Gasteiger partial charge in [0.05, 0.1) is 69.7 Å². The predicted molar refractivity (Wildman–Crippen MR) is 168 cm³/mol. The van der Waals surface area contributed by atoms with Gasteiger partial charge in [-0.3, -0.25) is 29.8 Å². The molecule has 0 spiro atoms. The third-order valence-electron chi connectivity index (χ3n) is 8.22. The summed E-state index contributed by atoms with van der Waals surface area (Å²) in [5.41, 5.74) is -1.89. The standard InChI is InChI=1S/C31H36N4O15/c1-45-24-12-18(28(37)32-8-5-7-20(32)30(39)47-3)21(34(41)42)14-26(24)49-9-6-10-50-27-15-22(35(43)44)19(13-25(27)46-2)29(38)33-16-17(36)11-23(33)31(40)48-4/h12-15,17,20,23,36H,5-11,16H2,1-4H3/t17?,20?,23-/m0/s1. The maximum atomic E-state index is 13.4. The van der Waals surface area contributed by atoms with Gasteiger partial charge in [-0.15, -0.1) is 0 Å². The lowest BCUT2D eigenvalue weighted by Gasteiger charge is -2.23. The number of esters is 2. The molecule has 19 heteroatoms. The van der Waals surface area contributed by atoms with Crippen LogP contribution in [0.2, 0.25) is 0 Å². The van der Waals surface area contributed by atoms with Crippen LogP contribution in [0.5, 0.6) is 23.0 Å². The number of methoxy groups -OCH3 is 4. The summed E-state index contributed by atoms with van der Waals surface area (Å²) in [6.45, 7) is -0.196. The molecule has 0 saturated carbocycles. The van der Waals surface area contributed by atoms with E-state index in [0.717, 1.165) is 30.2 Å². The molecule has 0 aliphatic carbocycles. The molecule has 0 aromatic heterocycles. The summed E-state index contributed by atoms with van der Waals surface area (Å²) in [5, 5.41) is 34.0. The van der Waals surface area contributed by atoms with Gasteiger partial charge in [-0.2, -0.15) is 0 Å². The van der Waals surface area contributed by atoms with E-state index in [-0.39, 0.29) is 67.7 Å². The van der Waals surface area contributed by atoms with Crippen molar-refractivity contribution in [3.05, 3.63) is 55.6 Å². The molecule has 2 aromatic rings. The third-order valence-corrected chi connectivity index (χ3v) is 8.22. The zero-order valence-electron chi connectivity index (χ0n) is 27.6. The van der Waals surface area contributed by atoms with Crippen molar-refractivity contribution in [3.63, 3.8) is 0 Å². The third kappa shape index (κ3) is 7.77. The average Bonchev–Trinajstić information content (AvgIpc) is 3.76.